The second-order valence-corrected chi connectivity index (χ2v) is 8.03. The van der Waals surface area contributed by atoms with Crippen molar-refractivity contribution in [2.45, 2.75) is 71.0 Å². The van der Waals surface area contributed by atoms with E-state index in [0.29, 0.717) is 5.52 Å². The molecule has 0 saturated carbocycles. The lowest BCUT2D eigenvalue weighted by atomic mass is 9.79. The van der Waals surface area contributed by atoms with Crippen molar-refractivity contribution in [3.8, 4) is 0 Å². The number of hydrogen-bond donors (Lipinski definition) is 1. The zero-order valence-corrected chi connectivity index (χ0v) is 15.0. The van der Waals surface area contributed by atoms with Gasteiger partial charge in [0.15, 0.2) is 5.52 Å². The summed E-state index contributed by atoms with van der Waals surface area (Å²) in [4.78, 5) is 17.6. The highest BCUT2D eigenvalue weighted by molar-refractivity contribution is 5.76. The van der Waals surface area contributed by atoms with E-state index >= 15 is 0 Å². The van der Waals surface area contributed by atoms with Gasteiger partial charge in [0.1, 0.15) is 5.52 Å². The van der Waals surface area contributed by atoms with Crippen LogP contribution in [0.4, 0.5) is 0 Å². The molecular weight excluding hydrogens is 290 g/mol. The second-order valence-electron chi connectivity index (χ2n) is 8.03. The molecule has 1 aliphatic rings. The Labute approximate surface area is 136 Å². The lowest BCUT2D eigenvalue weighted by Crippen LogP contribution is -2.58. The molecule has 0 bridgehead atoms. The zero-order valence-electron chi connectivity index (χ0n) is 15.0. The van der Waals surface area contributed by atoms with Crippen molar-refractivity contribution < 1.29 is 0 Å². The summed E-state index contributed by atoms with van der Waals surface area (Å²) in [7, 11) is 1.82. The third-order valence-electron chi connectivity index (χ3n) is 4.74. The number of fused-ring (bicyclic) bond motifs is 1. The summed E-state index contributed by atoms with van der Waals surface area (Å²) in [6.45, 7) is 10.8. The summed E-state index contributed by atoms with van der Waals surface area (Å²) in [5, 5.41) is 8.10. The summed E-state index contributed by atoms with van der Waals surface area (Å²) in [5.74, 6) is 0. The monoisotopic (exact) mass is 317 g/mol. The molecule has 1 aliphatic heterocycles. The fraction of sp³-hybridized carbons (Fsp3) is 0.706. The highest BCUT2D eigenvalue weighted by Gasteiger charge is 2.39. The van der Waals surface area contributed by atoms with Crippen LogP contribution in [0.15, 0.2) is 11.1 Å². The minimum absolute atomic E-state index is 0.0121. The van der Waals surface area contributed by atoms with Crippen LogP contribution in [0, 0.1) is 0 Å². The van der Waals surface area contributed by atoms with Gasteiger partial charge in [-0.25, -0.2) is 4.98 Å². The van der Waals surface area contributed by atoms with Crippen molar-refractivity contribution in [1.82, 2.24) is 24.6 Å². The van der Waals surface area contributed by atoms with Gasteiger partial charge in [-0.05, 0) is 47.0 Å². The summed E-state index contributed by atoms with van der Waals surface area (Å²) in [5.41, 5.74) is 2.23. The predicted molar refractivity (Wildman–Crippen MR) is 91.7 cm³/mol. The van der Waals surface area contributed by atoms with Crippen molar-refractivity contribution in [3.05, 3.63) is 22.4 Å². The molecule has 0 spiro atoms. The van der Waals surface area contributed by atoms with Crippen molar-refractivity contribution in [2.75, 3.05) is 0 Å². The average molecular weight is 317 g/mol. The third kappa shape index (κ3) is 2.80. The third-order valence-corrected chi connectivity index (χ3v) is 4.74. The normalized spacial score (nSPS) is 21.0. The SMILES string of the molecule is CCc1nn(C)c2c(=O)n(C3CC(C)(C)NC(C)(C)C3)cnc12. The van der Waals surface area contributed by atoms with E-state index in [2.05, 4.69) is 43.1 Å². The maximum Gasteiger partial charge on any atom is 0.279 e. The first-order valence-electron chi connectivity index (χ1n) is 8.35. The van der Waals surface area contributed by atoms with Gasteiger partial charge in [-0.3, -0.25) is 14.0 Å². The number of nitrogens with zero attached hydrogens (tertiary/aromatic N) is 4. The first kappa shape index (κ1) is 16.2. The number of rotatable bonds is 2. The first-order chi connectivity index (χ1) is 10.6. The molecule has 1 fully saturated rings. The van der Waals surface area contributed by atoms with Crippen LogP contribution in [-0.2, 0) is 13.5 Å². The van der Waals surface area contributed by atoms with Crippen molar-refractivity contribution in [3.63, 3.8) is 0 Å². The smallest absolute Gasteiger partial charge is 0.279 e. The zero-order chi connectivity index (χ0) is 17.0. The summed E-state index contributed by atoms with van der Waals surface area (Å²) in [6, 6.07) is 0.144. The molecule has 2 aromatic heterocycles. The molecule has 1 N–H and O–H groups in total. The lowest BCUT2D eigenvalue weighted by molar-refractivity contribution is 0.130. The number of nitrogens with one attached hydrogen (secondary N) is 1. The van der Waals surface area contributed by atoms with E-state index in [9.17, 15) is 4.79 Å². The standard InChI is InChI=1S/C17H27N5O/c1-7-12-13-14(21(6)19-12)15(23)22(10-18-13)11-8-16(2,3)20-17(4,5)9-11/h10-11,20H,7-9H2,1-6H3. The summed E-state index contributed by atoms with van der Waals surface area (Å²) >= 11 is 0. The first-order valence-corrected chi connectivity index (χ1v) is 8.35. The Hall–Kier alpha value is -1.69. The van der Waals surface area contributed by atoms with Gasteiger partial charge < -0.3 is 5.32 Å². The minimum Gasteiger partial charge on any atom is -0.307 e. The van der Waals surface area contributed by atoms with Crippen LogP contribution in [0.2, 0.25) is 0 Å². The predicted octanol–water partition coefficient (Wildman–Crippen LogP) is 2.17. The minimum atomic E-state index is -0.0121. The van der Waals surface area contributed by atoms with E-state index in [4.69, 9.17) is 0 Å². The fourth-order valence-electron chi connectivity index (χ4n) is 4.20. The topological polar surface area (TPSA) is 64.7 Å². The molecule has 6 heteroatoms. The maximum absolute atomic E-state index is 13.0. The number of aryl methyl sites for hydroxylation is 2. The molecule has 0 radical (unpaired) electrons. The second kappa shape index (κ2) is 5.16. The van der Waals surface area contributed by atoms with Crippen LogP contribution in [0.25, 0.3) is 11.0 Å². The van der Waals surface area contributed by atoms with Gasteiger partial charge in [-0.1, -0.05) is 6.92 Å². The van der Waals surface area contributed by atoms with Gasteiger partial charge in [-0.2, -0.15) is 5.10 Å². The van der Waals surface area contributed by atoms with Gasteiger partial charge in [0.2, 0.25) is 0 Å². The molecule has 0 aromatic carbocycles. The van der Waals surface area contributed by atoms with Crippen molar-refractivity contribution >= 4 is 11.0 Å². The van der Waals surface area contributed by atoms with Gasteiger partial charge in [-0.15, -0.1) is 0 Å². The van der Waals surface area contributed by atoms with Gasteiger partial charge >= 0.3 is 0 Å². The van der Waals surface area contributed by atoms with Crippen LogP contribution in [0.1, 0.15) is 59.2 Å². The molecule has 6 nitrogen and oxygen atoms in total. The number of hydrogen-bond acceptors (Lipinski definition) is 4. The molecule has 0 atom stereocenters. The van der Waals surface area contributed by atoms with E-state index in [-0.39, 0.29) is 22.7 Å². The Bertz CT molecular complexity index is 783. The van der Waals surface area contributed by atoms with Crippen molar-refractivity contribution in [1.29, 1.82) is 0 Å². The maximum atomic E-state index is 13.0. The van der Waals surface area contributed by atoms with Crippen LogP contribution in [0.3, 0.4) is 0 Å². The van der Waals surface area contributed by atoms with Gasteiger partial charge in [0, 0.05) is 24.2 Å². The molecule has 0 unspecified atom stereocenters. The molecule has 3 rings (SSSR count). The quantitative estimate of drug-likeness (QED) is 0.922. The van der Waals surface area contributed by atoms with E-state index in [1.54, 1.807) is 11.0 Å². The molecular formula is C17H27N5O. The van der Waals surface area contributed by atoms with E-state index in [1.807, 2.05) is 18.5 Å². The lowest BCUT2D eigenvalue weighted by Gasteiger charge is -2.46. The Morgan fingerprint density at radius 2 is 1.87 bits per heavy atom. The highest BCUT2D eigenvalue weighted by Crippen LogP contribution is 2.35. The number of aromatic nitrogens is 4. The Morgan fingerprint density at radius 3 is 2.43 bits per heavy atom. The van der Waals surface area contributed by atoms with Crippen LogP contribution in [-0.4, -0.2) is 30.4 Å². The molecule has 0 amide bonds. The molecule has 0 aliphatic carbocycles. The molecule has 126 valence electrons. The van der Waals surface area contributed by atoms with Crippen molar-refractivity contribution in [2.24, 2.45) is 7.05 Å². The molecule has 3 heterocycles. The van der Waals surface area contributed by atoms with Crippen LogP contribution in [0.5, 0.6) is 0 Å². The summed E-state index contributed by atoms with van der Waals surface area (Å²) in [6.07, 6.45) is 4.30. The fourth-order valence-corrected chi connectivity index (χ4v) is 4.20. The average Bonchev–Trinajstić information content (AvgIpc) is 2.73. The van der Waals surface area contributed by atoms with Crippen LogP contribution >= 0.6 is 0 Å². The summed E-state index contributed by atoms with van der Waals surface area (Å²) < 4.78 is 3.49. The van der Waals surface area contributed by atoms with Crippen LogP contribution < -0.4 is 10.9 Å². The van der Waals surface area contributed by atoms with Gasteiger partial charge in [0.05, 0.1) is 12.0 Å². The molecule has 1 saturated heterocycles. The van der Waals surface area contributed by atoms with E-state index in [1.165, 1.54) is 0 Å². The molecule has 2 aromatic rings. The molecule has 23 heavy (non-hydrogen) atoms. The largest absolute Gasteiger partial charge is 0.307 e. The Morgan fingerprint density at radius 1 is 1.26 bits per heavy atom. The Balaban J connectivity index is 2.12. The number of piperidine rings is 1. The Kier molecular flexibility index (Phi) is 3.63. The van der Waals surface area contributed by atoms with Gasteiger partial charge in [0.25, 0.3) is 5.56 Å². The van der Waals surface area contributed by atoms with E-state index in [0.717, 1.165) is 30.5 Å². The highest BCUT2D eigenvalue weighted by atomic mass is 16.1. The van der Waals surface area contributed by atoms with E-state index < -0.39 is 0 Å².